The highest BCUT2D eigenvalue weighted by Gasteiger charge is 2.33. The summed E-state index contributed by atoms with van der Waals surface area (Å²) in [7, 11) is 0. The normalized spacial score (nSPS) is 15.0. The molecule has 5 nitrogen and oxygen atoms in total. The fourth-order valence-electron chi connectivity index (χ4n) is 4.24. The predicted molar refractivity (Wildman–Crippen MR) is 134 cm³/mol. The fraction of sp³-hybridized carbons (Fsp3) is 0.360. The van der Waals surface area contributed by atoms with Crippen LogP contribution < -0.4 is 15.1 Å². The molecule has 0 atom stereocenters. The Morgan fingerprint density at radius 2 is 1.94 bits per heavy atom. The van der Waals surface area contributed by atoms with E-state index in [1.54, 1.807) is 24.4 Å². The molecule has 0 fully saturated rings. The fourth-order valence-corrected chi connectivity index (χ4v) is 4.70. The number of carbonyl (C=O) groups is 1. The highest BCUT2D eigenvalue weighted by Crippen LogP contribution is 2.41. The van der Waals surface area contributed by atoms with Gasteiger partial charge in [0, 0.05) is 22.3 Å². The van der Waals surface area contributed by atoms with Crippen molar-refractivity contribution in [1.82, 2.24) is 5.43 Å². The summed E-state index contributed by atoms with van der Waals surface area (Å²) in [6.45, 7) is 12.9. The number of anilines is 1. The minimum absolute atomic E-state index is 0.0613. The Morgan fingerprint density at radius 3 is 2.59 bits per heavy atom. The number of hydrogen-bond donors (Lipinski definition) is 1. The number of allylic oxidation sites excluding steroid dienone is 1. The molecule has 0 aromatic heterocycles. The number of hydrazone groups is 1. The Balaban J connectivity index is 1.71. The van der Waals surface area contributed by atoms with Crippen LogP contribution >= 0.6 is 23.2 Å². The Labute approximate surface area is 200 Å². The summed E-state index contributed by atoms with van der Waals surface area (Å²) >= 11 is 11.9. The Kier molecular flexibility index (Phi) is 7.21. The summed E-state index contributed by atoms with van der Waals surface area (Å²) < 4.78 is 5.43. The maximum absolute atomic E-state index is 12.1. The SMILES string of the molecule is CC1=CC(C)(C)N(C(C)C)c2cc(C)c(/C=N\NC(=O)COc3ccc(Cl)cc3Cl)cc21. The van der Waals surface area contributed by atoms with Crippen LogP contribution in [0.2, 0.25) is 10.0 Å². The molecule has 1 amide bonds. The van der Waals surface area contributed by atoms with E-state index in [1.807, 2.05) is 6.92 Å². The maximum Gasteiger partial charge on any atom is 0.277 e. The molecule has 0 saturated carbocycles. The van der Waals surface area contributed by atoms with E-state index >= 15 is 0 Å². The number of benzene rings is 2. The van der Waals surface area contributed by atoms with Crippen LogP contribution in [0, 0.1) is 6.92 Å². The van der Waals surface area contributed by atoms with Crippen LogP contribution in [0.4, 0.5) is 5.69 Å². The van der Waals surface area contributed by atoms with Gasteiger partial charge in [0.05, 0.1) is 16.8 Å². The lowest BCUT2D eigenvalue weighted by Crippen LogP contribution is -2.49. The van der Waals surface area contributed by atoms with Gasteiger partial charge in [0.2, 0.25) is 0 Å². The van der Waals surface area contributed by atoms with Crippen LogP contribution in [0.1, 0.15) is 51.3 Å². The van der Waals surface area contributed by atoms with E-state index in [0.29, 0.717) is 21.8 Å². The van der Waals surface area contributed by atoms with Crippen molar-refractivity contribution in [3.8, 4) is 5.75 Å². The number of amides is 1. The van der Waals surface area contributed by atoms with Crippen molar-refractivity contribution >= 4 is 46.6 Å². The van der Waals surface area contributed by atoms with Crippen molar-refractivity contribution in [3.63, 3.8) is 0 Å². The number of carbonyl (C=O) groups excluding carboxylic acids is 1. The molecule has 1 aliphatic rings. The molecule has 0 spiro atoms. The first-order valence-electron chi connectivity index (χ1n) is 10.5. The quantitative estimate of drug-likeness (QED) is 0.398. The summed E-state index contributed by atoms with van der Waals surface area (Å²) in [6.07, 6.45) is 3.96. The molecule has 7 heteroatoms. The molecule has 0 unspecified atom stereocenters. The van der Waals surface area contributed by atoms with Gasteiger partial charge in [0.25, 0.3) is 5.91 Å². The molecular formula is C25H29Cl2N3O2. The number of aryl methyl sites for hydroxylation is 1. The van der Waals surface area contributed by atoms with E-state index in [-0.39, 0.29) is 18.1 Å². The number of nitrogens with one attached hydrogen (secondary N) is 1. The Morgan fingerprint density at radius 1 is 1.22 bits per heavy atom. The van der Waals surface area contributed by atoms with Crippen molar-refractivity contribution in [1.29, 1.82) is 0 Å². The second-order valence-corrected chi connectivity index (χ2v) is 9.67. The van der Waals surface area contributed by atoms with Crippen LogP contribution in [0.5, 0.6) is 5.75 Å². The summed E-state index contributed by atoms with van der Waals surface area (Å²) in [5, 5.41) is 4.97. The predicted octanol–water partition coefficient (Wildman–Crippen LogP) is 6.24. The molecule has 1 N–H and O–H groups in total. The summed E-state index contributed by atoms with van der Waals surface area (Å²) in [4.78, 5) is 14.5. The molecule has 0 bridgehead atoms. The van der Waals surface area contributed by atoms with Crippen molar-refractivity contribution in [2.75, 3.05) is 11.5 Å². The van der Waals surface area contributed by atoms with E-state index in [1.165, 1.54) is 16.8 Å². The van der Waals surface area contributed by atoms with E-state index in [9.17, 15) is 4.79 Å². The van der Waals surface area contributed by atoms with E-state index in [2.05, 4.69) is 68.3 Å². The zero-order valence-corrected chi connectivity index (χ0v) is 20.8. The van der Waals surface area contributed by atoms with Gasteiger partial charge in [-0.15, -0.1) is 0 Å². The maximum atomic E-state index is 12.1. The van der Waals surface area contributed by atoms with Gasteiger partial charge in [-0.1, -0.05) is 29.3 Å². The number of halogens is 2. The number of rotatable bonds is 6. The molecule has 0 radical (unpaired) electrons. The summed E-state index contributed by atoms with van der Waals surface area (Å²) in [6, 6.07) is 9.51. The Bertz CT molecular complexity index is 1090. The lowest BCUT2D eigenvalue weighted by atomic mass is 9.86. The smallest absolute Gasteiger partial charge is 0.277 e. The van der Waals surface area contributed by atoms with Gasteiger partial charge in [-0.2, -0.15) is 5.10 Å². The lowest BCUT2D eigenvalue weighted by Gasteiger charge is -2.46. The van der Waals surface area contributed by atoms with Crippen molar-refractivity contribution in [2.45, 2.75) is 53.1 Å². The molecule has 3 rings (SSSR count). The first-order chi connectivity index (χ1) is 15.0. The third kappa shape index (κ3) is 5.28. The number of nitrogens with zero attached hydrogens (tertiary/aromatic N) is 2. The lowest BCUT2D eigenvalue weighted by molar-refractivity contribution is -0.123. The monoisotopic (exact) mass is 473 g/mol. The molecule has 2 aromatic carbocycles. The molecule has 2 aromatic rings. The van der Waals surface area contributed by atoms with Gasteiger partial charge in [-0.05, 0) is 88.6 Å². The second-order valence-electron chi connectivity index (χ2n) is 8.83. The third-order valence-corrected chi connectivity index (χ3v) is 5.95. The number of fused-ring (bicyclic) bond motifs is 1. The molecule has 1 aliphatic heterocycles. The van der Waals surface area contributed by atoms with Gasteiger partial charge >= 0.3 is 0 Å². The second kappa shape index (κ2) is 9.55. The first-order valence-corrected chi connectivity index (χ1v) is 11.3. The zero-order chi connectivity index (χ0) is 23.6. The summed E-state index contributed by atoms with van der Waals surface area (Å²) in [5.41, 5.74) is 8.10. The average Bonchev–Trinajstić information content (AvgIpc) is 2.67. The van der Waals surface area contributed by atoms with Crippen LogP contribution in [0.15, 0.2) is 41.5 Å². The van der Waals surface area contributed by atoms with E-state index in [0.717, 1.165) is 11.1 Å². The summed E-state index contributed by atoms with van der Waals surface area (Å²) in [5.74, 6) is 0.00677. The third-order valence-electron chi connectivity index (χ3n) is 5.42. The zero-order valence-electron chi connectivity index (χ0n) is 19.3. The van der Waals surface area contributed by atoms with Crippen LogP contribution in [0.3, 0.4) is 0 Å². The van der Waals surface area contributed by atoms with Crippen LogP contribution in [-0.2, 0) is 4.79 Å². The van der Waals surface area contributed by atoms with Crippen molar-refractivity contribution in [3.05, 3.63) is 63.1 Å². The Hall–Kier alpha value is -2.50. The topological polar surface area (TPSA) is 53.9 Å². The number of ether oxygens (including phenoxy) is 1. The van der Waals surface area contributed by atoms with E-state index < -0.39 is 0 Å². The van der Waals surface area contributed by atoms with Gasteiger partial charge in [0.15, 0.2) is 6.61 Å². The molecule has 170 valence electrons. The van der Waals surface area contributed by atoms with E-state index in [4.69, 9.17) is 27.9 Å². The largest absolute Gasteiger partial charge is 0.482 e. The van der Waals surface area contributed by atoms with Crippen molar-refractivity contribution < 1.29 is 9.53 Å². The van der Waals surface area contributed by atoms with Gasteiger partial charge < -0.3 is 9.64 Å². The minimum Gasteiger partial charge on any atom is -0.482 e. The van der Waals surface area contributed by atoms with Gasteiger partial charge in [-0.25, -0.2) is 5.43 Å². The molecule has 0 aliphatic carbocycles. The highest BCUT2D eigenvalue weighted by molar-refractivity contribution is 6.35. The van der Waals surface area contributed by atoms with Gasteiger partial charge in [0.1, 0.15) is 5.75 Å². The molecular weight excluding hydrogens is 445 g/mol. The van der Waals surface area contributed by atoms with Gasteiger partial charge in [-0.3, -0.25) is 4.79 Å². The number of hydrogen-bond acceptors (Lipinski definition) is 4. The molecule has 0 saturated heterocycles. The van der Waals surface area contributed by atoms with Crippen LogP contribution in [-0.4, -0.2) is 30.3 Å². The molecule has 1 heterocycles. The standard InChI is InChI=1S/C25H29Cl2N3O2/c1-15(2)30-22-9-16(3)18(10-20(22)17(4)12-25(30,5)6)13-28-29-24(31)14-32-23-8-7-19(26)11-21(23)27/h7-13,15H,14H2,1-6H3,(H,29,31)/b28-13-. The minimum atomic E-state index is -0.383. The van der Waals surface area contributed by atoms with Crippen LogP contribution in [0.25, 0.3) is 5.57 Å². The van der Waals surface area contributed by atoms with Crippen molar-refractivity contribution in [2.24, 2.45) is 5.10 Å². The first kappa shape index (κ1) is 24.1. The highest BCUT2D eigenvalue weighted by atomic mass is 35.5. The average molecular weight is 474 g/mol. The molecule has 32 heavy (non-hydrogen) atoms.